The highest BCUT2D eigenvalue weighted by Gasteiger charge is 2.43. The predicted molar refractivity (Wildman–Crippen MR) is 119 cm³/mol. The zero-order valence-electron chi connectivity index (χ0n) is 19.2. The Hall–Kier alpha value is -3.14. The molecule has 2 amide bonds. The summed E-state index contributed by atoms with van der Waals surface area (Å²) in [5.74, 6) is -7.04. The molecule has 0 spiro atoms. The largest absolute Gasteiger partial charge is 0.489 e. The van der Waals surface area contributed by atoms with Crippen molar-refractivity contribution in [2.75, 3.05) is 25.0 Å². The molecule has 1 aromatic heterocycles. The van der Waals surface area contributed by atoms with Gasteiger partial charge in [-0.2, -0.15) is 0 Å². The molecule has 36 heavy (non-hydrogen) atoms. The summed E-state index contributed by atoms with van der Waals surface area (Å²) in [6.07, 6.45) is 0.0351. The van der Waals surface area contributed by atoms with Gasteiger partial charge in [0.15, 0.2) is 28.9 Å². The molecule has 2 aliphatic rings. The summed E-state index contributed by atoms with van der Waals surface area (Å²) < 4.78 is 76.1. The number of benzene rings is 1. The lowest BCUT2D eigenvalue weighted by Gasteiger charge is -2.23. The first-order valence-corrected chi connectivity index (χ1v) is 12.3. The molecule has 0 radical (unpaired) electrons. The van der Waals surface area contributed by atoms with E-state index >= 15 is 0 Å². The lowest BCUT2D eigenvalue weighted by Crippen LogP contribution is -2.49. The molecule has 1 saturated heterocycles. The molecule has 0 aliphatic carbocycles. The van der Waals surface area contributed by atoms with Crippen molar-refractivity contribution < 1.29 is 41.0 Å². The number of hydrogen-bond donors (Lipinski definition) is 4. The van der Waals surface area contributed by atoms with Crippen LogP contribution in [0.5, 0.6) is 5.75 Å². The number of aliphatic hydroxyl groups is 1. The number of sulfonamides is 1. The maximum absolute atomic E-state index is 13.6. The molecule has 2 aliphatic heterocycles. The molecule has 196 valence electrons. The molecule has 11 nitrogen and oxygen atoms in total. The summed E-state index contributed by atoms with van der Waals surface area (Å²) in [5, 5.41) is 11.8. The first-order valence-electron chi connectivity index (χ1n) is 10.8. The van der Waals surface area contributed by atoms with E-state index in [0.717, 1.165) is 6.20 Å². The van der Waals surface area contributed by atoms with Gasteiger partial charge in [-0.25, -0.2) is 26.3 Å². The van der Waals surface area contributed by atoms with Crippen LogP contribution in [0.1, 0.15) is 17.4 Å². The normalized spacial score (nSPS) is 22.5. The third-order valence-electron chi connectivity index (χ3n) is 6.15. The van der Waals surface area contributed by atoms with Crippen LogP contribution in [0.15, 0.2) is 23.2 Å². The number of aryl methyl sites for hydroxylation is 1. The van der Waals surface area contributed by atoms with Gasteiger partial charge in [0.25, 0.3) is 5.91 Å². The van der Waals surface area contributed by atoms with E-state index in [-0.39, 0.29) is 36.0 Å². The highest BCUT2D eigenvalue weighted by molar-refractivity contribution is 7.89. The number of carbonyl (C=O) groups excluding carboxylic acids is 2. The van der Waals surface area contributed by atoms with E-state index in [0.29, 0.717) is 12.1 Å². The summed E-state index contributed by atoms with van der Waals surface area (Å²) in [6.45, 7) is 1.37. The molecular weight excluding hydrogens is 507 g/mol. The summed E-state index contributed by atoms with van der Waals surface area (Å²) in [7, 11) is -2.85. The average Bonchev–Trinajstić information content (AvgIpc) is 3.34. The van der Waals surface area contributed by atoms with Crippen LogP contribution in [-0.4, -0.2) is 72.7 Å². The van der Waals surface area contributed by atoms with Crippen molar-refractivity contribution in [3.8, 4) is 5.75 Å². The molecule has 4 rings (SSSR count). The number of fused-ring (bicyclic) bond motifs is 2. The van der Waals surface area contributed by atoms with Crippen LogP contribution < -0.4 is 20.5 Å². The molecule has 2 aromatic rings. The number of likely N-dealkylation sites (tertiary alicyclic amines) is 1. The van der Waals surface area contributed by atoms with Crippen LogP contribution in [0.25, 0.3) is 0 Å². The number of nitrogens with one attached hydrogen (secondary N) is 2. The van der Waals surface area contributed by atoms with Crippen LogP contribution >= 0.6 is 0 Å². The number of hydrogen-bond acceptors (Lipinski definition) is 7. The number of nitrogens with zero attached hydrogens (tertiary/aromatic N) is 2. The van der Waals surface area contributed by atoms with Gasteiger partial charge in [-0.1, -0.05) is 0 Å². The smallest absolute Gasteiger partial charge is 0.276 e. The van der Waals surface area contributed by atoms with Gasteiger partial charge in [0.1, 0.15) is 10.9 Å². The summed E-state index contributed by atoms with van der Waals surface area (Å²) in [6, 6.07) is -0.735. The van der Waals surface area contributed by atoms with Crippen molar-refractivity contribution >= 4 is 27.5 Å². The molecule has 0 saturated carbocycles. The number of nitrogens with two attached hydrogens (primary N) is 1. The zero-order valence-corrected chi connectivity index (χ0v) is 20.0. The quantitative estimate of drug-likeness (QED) is 0.402. The predicted octanol–water partition coefficient (Wildman–Crippen LogP) is -0.0995. The number of halogens is 3. The first-order chi connectivity index (χ1) is 16.8. The van der Waals surface area contributed by atoms with Crippen LogP contribution in [0.2, 0.25) is 0 Å². The van der Waals surface area contributed by atoms with E-state index in [1.54, 1.807) is 0 Å². The Morgan fingerprint density at radius 1 is 1.25 bits per heavy atom. The second kappa shape index (κ2) is 9.38. The summed E-state index contributed by atoms with van der Waals surface area (Å²) in [5.41, 5.74) is 5.08. The van der Waals surface area contributed by atoms with Gasteiger partial charge in [-0.3, -0.25) is 9.59 Å². The van der Waals surface area contributed by atoms with Gasteiger partial charge < -0.3 is 30.4 Å². The van der Waals surface area contributed by atoms with Gasteiger partial charge in [0, 0.05) is 56.1 Å². The van der Waals surface area contributed by atoms with Crippen molar-refractivity contribution in [1.82, 2.24) is 14.2 Å². The van der Waals surface area contributed by atoms with Gasteiger partial charge >= 0.3 is 0 Å². The average molecular weight is 532 g/mol. The minimum Gasteiger partial charge on any atom is -0.489 e. The van der Waals surface area contributed by atoms with Gasteiger partial charge in [-0.05, 0) is 6.92 Å². The van der Waals surface area contributed by atoms with Crippen molar-refractivity contribution in [2.24, 2.45) is 18.7 Å². The molecule has 1 aromatic carbocycles. The molecule has 3 heterocycles. The number of rotatable bonds is 4. The SMILES string of the molecule is CC(O)[C@H](N)C(=O)N1CC2COc3c(cn(C)c3C(=O)Nc3cc(F)c(F)c(F)c3)S(=O)(=O)NC2C1. The molecule has 5 N–H and O–H groups in total. The molecule has 3 unspecified atom stereocenters. The molecule has 1 fully saturated rings. The lowest BCUT2D eigenvalue weighted by atomic mass is 10.1. The number of aliphatic hydroxyl groups excluding tert-OH is 1. The van der Waals surface area contributed by atoms with E-state index < -0.39 is 69.1 Å². The van der Waals surface area contributed by atoms with Crippen molar-refractivity contribution in [1.29, 1.82) is 0 Å². The lowest BCUT2D eigenvalue weighted by molar-refractivity contribution is -0.134. The van der Waals surface area contributed by atoms with E-state index in [1.165, 1.54) is 23.4 Å². The molecule has 15 heteroatoms. The van der Waals surface area contributed by atoms with Gasteiger partial charge in [0.2, 0.25) is 15.9 Å². The van der Waals surface area contributed by atoms with Crippen LogP contribution in [0.3, 0.4) is 0 Å². The standard InChI is InChI=1S/C21H24F3N5O6S/c1-9(30)17(25)21(32)29-5-10-8-35-19-15(36(33,34)27-14(10)6-29)7-28(2)18(19)20(31)26-11-3-12(22)16(24)13(23)4-11/h3-4,7,9-10,14,17,27,30H,5-6,8,25H2,1-2H3,(H,26,31)/t9?,10?,14?,17-/m0/s1. The maximum atomic E-state index is 13.6. The Labute approximate surface area is 204 Å². The number of aromatic nitrogens is 1. The number of amides is 2. The van der Waals surface area contributed by atoms with Crippen LogP contribution in [-0.2, 0) is 21.9 Å². The third-order valence-corrected chi connectivity index (χ3v) is 7.64. The Kier molecular flexibility index (Phi) is 6.76. The highest BCUT2D eigenvalue weighted by atomic mass is 32.2. The Morgan fingerprint density at radius 2 is 1.89 bits per heavy atom. The fraction of sp³-hybridized carbons (Fsp3) is 0.429. The van der Waals surface area contributed by atoms with E-state index in [9.17, 15) is 36.3 Å². The van der Waals surface area contributed by atoms with Crippen LogP contribution in [0.4, 0.5) is 18.9 Å². The molecule has 0 bridgehead atoms. The summed E-state index contributed by atoms with van der Waals surface area (Å²) >= 11 is 0. The summed E-state index contributed by atoms with van der Waals surface area (Å²) in [4.78, 5) is 26.5. The minimum absolute atomic E-state index is 0.00369. The monoisotopic (exact) mass is 531 g/mol. The van der Waals surface area contributed by atoms with Gasteiger partial charge in [-0.15, -0.1) is 0 Å². The van der Waals surface area contributed by atoms with Gasteiger partial charge in [0.05, 0.1) is 12.7 Å². The number of anilines is 1. The van der Waals surface area contributed by atoms with Crippen molar-refractivity contribution in [2.45, 2.75) is 30.0 Å². The fourth-order valence-electron chi connectivity index (χ4n) is 4.21. The topological polar surface area (TPSA) is 156 Å². The van der Waals surface area contributed by atoms with E-state index in [2.05, 4.69) is 10.0 Å². The Bertz CT molecular complexity index is 1310. The molecular formula is C21H24F3N5O6S. The van der Waals surface area contributed by atoms with E-state index in [1.807, 2.05) is 0 Å². The zero-order chi connectivity index (χ0) is 26.5. The fourth-order valence-corrected chi connectivity index (χ4v) is 5.70. The van der Waals surface area contributed by atoms with Crippen molar-refractivity contribution in [3.05, 3.63) is 41.5 Å². The third kappa shape index (κ3) is 4.66. The second-order valence-electron chi connectivity index (χ2n) is 8.80. The van der Waals surface area contributed by atoms with Crippen molar-refractivity contribution in [3.63, 3.8) is 0 Å². The number of carbonyl (C=O) groups is 2. The first kappa shape index (κ1) is 25.9. The van der Waals surface area contributed by atoms with E-state index in [4.69, 9.17) is 10.5 Å². The Morgan fingerprint density at radius 3 is 2.50 bits per heavy atom. The van der Waals surface area contributed by atoms with Crippen LogP contribution in [0, 0.1) is 23.4 Å². The maximum Gasteiger partial charge on any atom is 0.276 e. The second-order valence-corrected chi connectivity index (χ2v) is 10.5. The Balaban J connectivity index is 1.61. The molecule has 4 atom stereocenters. The minimum atomic E-state index is -4.23. The highest BCUT2D eigenvalue weighted by Crippen LogP contribution is 2.35. The number of ether oxygens (including phenoxy) is 1.